The first-order chi connectivity index (χ1) is 6.83. The van der Waals surface area contributed by atoms with Crippen molar-refractivity contribution in [2.24, 2.45) is 0 Å². The molecule has 0 saturated heterocycles. The number of aromatic nitrogens is 2. The van der Waals surface area contributed by atoms with Crippen molar-refractivity contribution in [3.63, 3.8) is 0 Å². The topological polar surface area (TPSA) is 58.0 Å². The Labute approximate surface area is 88.3 Å². The summed E-state index contributed by atoms with van der Waals surface area (Å²) in [5.74, 6) is 0.735. The fraction of sp³-hybridized carbons (Fsp3) is 0.556. The molecule has 1 aromatic rings. The van der Waals surface area contributed by atoms with Crippen LogP contribution in [0.25, 0.3) is 0 Å². The molecule has 0 fully saturated rings. The first-order valence-corrected chi connectivity index (χ1v) is 5.04. The molecule has 0 saturated carbocycles. The fourth-order valence-corrected chi connectivity index (χ4v) is 1.14. The van der Waals surface area contributed by atoms with Gasteiger partial charge in [-0.3, -0.25) is 0 Å². The van der Waals surface area contributed by atoms with Gasteiger partial charge in [-0.2, -0.15) is 0 Å². The number of aliphatic hydroxyl groups is 1. The van der Waals surface area contributed by atoms with Crippen LogP contribution in [0.4, 0.5) is 5.82 Å². The van der Waals surface area contributed by atoms with Gasteiger partial charge in [-0.1, -0.05) is 11.6 Å². The number of nitrogens with zero attached hydrogens (tertiary/aromatic N) is 2. The third-order valence-electron chi connectivity index (χ3n) is 1.77. The van der Waals surface area contributed by atoms with Gasteiger partial charge in [0.15, 0.2) is 5.15 Å². The Morgan fingerprint density at radius 1 is 1.21 bits per heavy atom. The van der Waals surface area contributed by atoms with Crippen LogP contribution in [0.15, 0.2) is 12.1 Å². The monoisotopic (exact) mass is 215 g/mol. The first-order valence-electron chi connectivity index (χ1n) is 4.67. The lowest BCUT2D eigenvalue weighted by Crippen LogP contribution is -2.04. The maximum atomic E-state index is 8.56. The average molecular weight is 216 g/mol. The molecule has 78 valence electrons. The van der Waals surface area contributed by atoms with Crippen LogP contribution in [0.1, 0.15) is 19.3 Å². The third kappa shape index (κ3) is 4.39. The summed E-state index contributed by atoms with van der Waals surface area (Å²) >= 11 is 5.59. The van der Waals surface area contributed by atoms with E-state index in [1.54, 1.807) is 12.1 Å². The summed E-state index contributed by atoms with van der Waals surface area (Å²) in [7, 11) is 0. The highest BCUT2D eigenvalue weighted by Gasteiger charge is 1.94. The Balaban J connectivity index is 2.15. The third-order valence-corrected chi connectivity index (χ3v) is 1.97. The summed E-state index contributed by atoms with van der Waals surface area (Å²) in [5, 5.41) is 19.6. The van der Waals surface area contributed by atoms with Gasteiger partial charge in [-0.25, -0.2) is 0 Å². The Kier molecular flexibility index (Phi) is 5.25. The number of unbranched alkanes of at least 4 members (excludes halogenated alkanes) is 2. The number of aliphatic hydroxyl groups excluding tert-OH is 1. The molecule has 0 aliphatic carbocycles. The number of halogens is 1. The van der Waals surface area contributed by atoms with Gasteiger partial charge in [0.2, 0.25) is 0 Å². The lowest BCUT2D eigenvalue weighted by Gasteiger charge is -2.03. The van der Waals surface area contributed by atoms with E-state index in [4.69, 9.17) is 16.7 Å². The van der Waals surface area contributed by atoms with Gasteiger partial charge < -0.3 is 10.4 Å². The van der Waals surface area contributed by atoms with Crippen LogP contribution in [-0.4, -0.2) is 28.5 Å². The number of anilines is 1. The maximum absolute atomic E-state index is 8.56. The van der Waals surface area contributed by atoms with Crippen molar-refractivity contribution in [3.8, 4) is 0 Å². The second-order valence-corrected chi connectivity index (χ2v) is 3.34. The molecule has 2 N–H and O–H groups in total. The molecule has 0 amide bonds. The summed E-state index contributed by atoms with van der Waals surface area (Å²) in [6, 6.07) is 3.49. The molecule has 0 aromatic carbocycles. The van der Waals surface area contributed by atoms with E-state index in [9.17, 15) is 0 Å². The van der Waals surface area contributed by atoms with Crippen molar-refractivity contribution in [2.45, 2.75) is 19.3 Å². The van der Waals surface area contributed by atoms with Crippen molar-refractivity contribution in [3.05, 3.63) is 17.3 Å². The van der Waals surface area contributed by atoms with Crippen LogP contribution in [0, 0.1) is 0 Å². The zero-order valence-corrected chi connectivity index (χ0v) is 8.67. The SMILES string of the molecule is OCCCCCNc1ccc(Cl)nn1. The average Bonchev–Trinajstić information content (AvgIpc) is 2.21. The minimum Gasteiger partial charge on any atom is -0.396 e. The molecule has 0 atom stereocenters. The van der Waals surface area contributed by atoms with Gasteiger partial charge in [-0.15, -0.1) is 10.2 Å². The number of nitrogens with one attached hydrogen (secondary N) is 1. The fourth-order valence-electron chi connectivity index (χ4n) is 1.04. The second kappa shape index (κ2) is 6.56. The highest BCUT2D eigenvalue weighted by molar-refractivity contribution is 6.29. The number of hydrogen-bond donors (Lipinski definition) is 2. The van der Waals surface area contributed by atoms with Gasteiger partial charge in [-0.05, 0) is 31.4 Å². The molecule has 14 heavy (non-hydrogen) atoms. The van der Waals surface area contributed by atoms with E-state index < -0.39 is 0 Å². The summed E-state index contributed by atoms with van der Waals surface area (Å²) < 4.78 is 0. The maximum Gasteiger partial charge on any atom is 0.151 e. The number of rotatable bonds is 6. The van der Waals surface area contributed by atoms with Gasteiger partial charge >= 0.3 is 0 Å². The predicted octanol–water partition coefficient (Wildman–Crippen LogP) is 1.70. The molecule has 0 aliphatic rings. The standard InChI is InChI=1S/C9H14ClN3O/c10-8-4-5-9(13-12-8)11-6-2-1-3-7-14/h4-5,14H,1-3,6-7H2,(H,11,13). The van der Waals surface area contributed by atoms with E-state index in [2.05, 4.69) is 15.5 Å². The van der Waals surface area contributed by atoms with Crippen LogP contribution >= 0.6 is 11.6 Å². The van der Waals surface area contributed by atoms with Crippen molar-refractivity contribution in [1.82, 2.24) is 10.2 Å². The summed E-state index contributed by atoms with van der Waals surface area (Å²) in [6.07, 6.45) is 2.89. The zero-order valence-electron chi connectivity index (χ0n) is 7.91. The largest absolute Gasteiger partial charge is 0.396 e. The van der Waals surface area contributed by atoms with Crippen LogP contribution in [-0.2, 0) is 0 Å². The lowest BCUT2D eigenvalue weighted by molar-refractivity contribution is 0.283. The minimum absolute atomic E-state index is 0.265. The van der Waals surface area contributed by atoms with E-state index in [0.29, 0.717) is 5.15 Å². The van der Waals surface area contributed by atoms with Crippen LogP contribution < -0.4 is 5.32 Å². The van der Waals surface area contributed by atoms with E-state index in [-0.39, 0.29) is 6.61 Å². The lowest BCUT2D eigenvalue weighted by atomic mass is 10.2. The van der Waals surface area contributed by atoms with E-state index in [1.165, 1.54) is 0 Å². The molecule has 0 bridgehead atoms. The smallest absolute Gasteiger partial charge is 0.151 e. The molecule has 0 radical (unpaired) electrons. The van der Waals surface area contributed by atoms with Crippen molar-refractivity contribution in [2.75, 3.05) is 18.5 Å². The van der Waals surface area contributed by atoms with E-state index in [1.807, 2.05) is 0 Å². The molecule has 5 heteroatoms. The quantitative estimate of drug-likeness (QED) is 0.710. The summed E-state index contributed by atoms with van der Waals surface area (Å²) in [5.41, 5.74) is 0. The van der Waals surface area contributed by atoms with Crippen molar-refractivity contribution < 1.29 is 5.11 Å². The molecule has 1 rings (SSSR count). The Morgan fingerprint density at radius 3 is 2.71 bits per heavy atom. The summed E-state index contributed by atoms with van der Waals surface area (Å²) in [6.45, 7) is 1.11. The van der Waals surface area contributed by atoms with Crippen LogP contribution in [0.2, 0.25) is 5.15 Å². The highest BCUT2D eigenvalue weighted by Crippen LogP contribution is 2.06. The van der Waals surface area contributed by atoms with Gasteiger partial charge in [0.25, 0.3) is 0 Å². The van der Waals surface area contributed by atoms with Gasteiger partial charge in [0.1, 0.15) is 5.82 Å². The van der Waals surface area contributed by atoms with E-state index >= 15 is 0 Å². The normalized spacial score (nSPS) is 10.1. The zero-order chi connectivity index (χ0) is 10.2. The summed E-state index contributed by atoms with van der Waals surface area (Å²) in [4.78, 5) is 0. The Bertz CT molecular complexity index is 253. The molecule has 0 spiro atoms. The molecule has 4 nitrogen and oxygen atoms in total. The Hall–Kier alpha value is -0.870. The van der Waals surface area contributed by atoms with Crippen LogP contribution in [0.5, 0.6) is 0 Å². The molecular weight excluding hydrogens is 202 g/mol. The molecule has 1 heterocycles. The second-order valence-electron chi connectivity index (χ2n) is 2.95. The molecule has 0 unspecified atom stereocenters. The minimum atomic E-state index is 0.265. The van der Waals surface area contributed by atoms with Gasteiger partial charge in [0.05, 0.1) is 0 Å². The molecule has 0 aliphatic heterocycles. The molecular formula is C9H14ClN3O. The van der Waals surface area contributed by atoms with E-state index in [0.717, 1.165) is 31.6 Å². The van der Waals surface area contributed by atoms with Crippen LogP contribution in [0.3, 0.4) is 0 Å². The highest BCUT2D eigenvalue weighted by atomic mass is 35.5. The van der Waals surface area contributed by atoms with Crippen molar-refractivity contribution in [1.29, 1.82) is 0 Å². The predicted molar refractivity (Wildman–Crippen MR) is 56.5 cm³/mol. The number of hydrogen-bond acceptors (Lipinski definition) is 4. The van der Waals surface area contributed by atoms with Crippen molar-refractivity contribution >= 4 is 17.4 Å². The Morgan fingerprint density at radius 2 is 2.07 bits per heavy atom. The van der Waals surface area contributed by atoms with Gasteiger partial charge in [0, 0.05) is 13.2 Å². The molecule has 1 aromatic heterocycles. The first kappa shape index (κ1) is 11.2.